The van der Waals surface area contributed by atoms with Crippen LogP contribution in [0.4, 0.5) is 0 Å². The van der Waals surface area contributed by atoms with Crippen molar-refractivity contribution in [3.8, 4) is 5.75 Å². The van der Waals surface area contributed by atoms with Crippen LogP contribution < -0.4 is 15.8 Å². The summed E-state index contributed by atoms with van der Waals surface area (Å²) >= 11 is 0. The third kappa shape index (κ3) is 4.14. The monoisotopic (exact) mass is 330 g/mol. The Morgan fingerprint density at radius 1 is 1.38 bits per heavy atom. The number of nitrogens with zero attached hydrogens (tertiary/aromatic N) is 2. The fraction of sp³-hybridized carbons (Fsp3) is 0.444. The summed E-state index contributed by atoms with van der Waals surface area (Å²) in [6, 6.07) is 7.76. The van der Waals surface area contributed by atoms with Crippen molar-refractivity contribution in [2.24, 2.45) is 11.7 Å². The third-order valence-electron chi connectivity index (χ3n) is 4.50. The van der Waals surface area contributed by atoms with E-state index in [1.807, 2.05) is 45.0 Å². The van der Waals surface area contributed by atoms with Gasteiger partial charge in [-0.3, -0.25) is 9.48 Å². The molecule has 0 saturated heterocycles. The highest BCUT2D eigenvalue weighted by Gasteiger charge is 2.29. The van der Waals surface area contributed by atoms with Gasteiger partial charge in [-0.1, -0.05) is 26.0 Å². The van der Waals surface area contributed by atoms with Gasteiger partial charge in [0.05, 0.1) is 31.0 Å². The Hall–Kier alpha value is -2.34. The summed E-state index contributed by atoms with van der Waals surface area (Å²) in [4.78, 5) is 12.4. The molecular formula is C18H26N4O2. The van der Waals surface area contributed by atoms with Crippen molar-refractivity contribution in [2.45, 2.75) is 32.9 Å². The summed E-state index contributed by atoms with van der Waals surface area (Å²) in [5, 5.41) is 7.29. The molecule has 6 heteroatoms. The SMILES string of the molecule is COc1ccc(Cn2cc(C(=O)NC(C)(CN)C(C)C)cn2)cc1. The van der Waals surface area contributed by atoms with Crippen molar-refractivity contribution in [1.29, 1.82) is 0 Å². The van der Waals surface area contributed by atoms with E-state index in [2.05, 4.69) is 10.4 Å². The first-order chi connectivity index (χ1) is 11.4. The second kappa shape index (κ2) is 7.49. The number of carbonyl (C=O) groups is 1. The third-order valence-corrected chi connectivity index (χ3v) is 4.50. The summed E-state index contributed by atoms with van der Waals surface area (Å²) in [5.74, 6) is 0.896. The number of nitrogens with two attached hydrogens (primary N) is 1. The molecule has 1 amide bonds. The maximum absolute atomic E-state index is 12.4. The average Bonchev–Trinajstić information content (AvgIpc) is 3.04. The molecule has 130 valence electrons. The normalized spacial score (nSPS) is 13.6. The second-order valence-corrected chi connectivity index (χ2v) is 6.51. The van der Waals surface area contributed by atoms with Crippen molar-refractivity contribution >= 4 is 5.91 Å². The van der Waals surface area contributed by atoms with Gasteiger partial charge in [0.2, 0.25) is 0 Å². The topological polar surface area (TPSA) is 82.2 Å². The van der Waals surface area contributed by atoms with E-state index in [-0.39, 0.29) is 11.8 Å². The average molecular weight is 330 g/mol. The molecule has 2 rings (SSSR count). The van der Waals surface area contributed by atoms with E-state index in [4.69, 9.17) is 10.5 Å². The van der Waals surface area contributed by atoms with E-state index in [0.717, 1.165) is 11.3 Å². The maximum Gasteiger partial charge on any atom is 0.254 e. The number of methoxy groups -OCH3 is 1. The maximum atomic E-state index is 12.4. The van der Waals surface area contributed by atoms with Crippen LogP contribution in [0.15, 0.2) is 36.7 Å². The Morgan fingerprint density at radius 3 is 2.58 bits per heavy atom. The van der Waals surface area contributed by atoms with Gasteiger partial charge in [0.15, 0.2) is 0 Å². The molecule has 1 aromatic heterocycles. The van der Waals surface area contributed by atoms with Gasteiger partial charge in [-0.2, -0.15) is 5.10 Å². The molecule has 0 aliphatic rings. The molecule has 1 atom stereocenters. The van der Waals surface area contributed by atoms with Crippen LogP contribution in [0.2, 0.25) is 0 Å². The highest BCUT2D eigenvalue weighted by Crippen LogP contribution is 2.16. The number of hydrogen-bond acceptors (Lipinski definition) is 4. The van der Waals surface area contributed by atoms with Crippen LogP contribution in [0, 0.1) is 5.92 Å². The number of rotatable bonds is 7. The van der Waals surface area contributed by atoms with Crippen LogP contribution in [0.1, 0.15) is 36.7 Å². The molecule has 0 aliphatic carbocycles. The van der Waals surface area contributed by atoms with Crippen LogP contribution in [-0.4, -0.2) is 34.9 Å². The number of amides is 1. The van der Waals surface area contributed by atoms with Crippen molar-refractivity contribution < 1.29 is 9.53 Å². The van der Waals surface area contributed by atoms with E-state index in [1.54, 1.807) is 24.2 Å². The van der Waals surface area contributed by atoms with Gasteiger partial charge in [0, 0.05) is 12.7 Å². The second-order valence-electron chi connectivity index (χ2n) is 6.51. The molecule has 2 aromatic rings. The quantitative estimate of drug-likeness (QED) is 0.814. The van der Waals surface area contributed by atoms with Gasteiger partial charge >= 0.3 is 0 Å². The van der Waals surface area contributed by atoms with Crippen molar-refractivity contribution in [3.63, 3.8) is 0 Å². The predicted octanol–water partition coefficient (Wildman–Crippen LogP) is 2.04. The zero-order valence-corrected chi connectivity index (χ0v) is 14.7. The van der Waals surface area contributed by atoms with Crippen molar-refractivity contribution in [3.05, 3.63) is 47.8 Å². The summed E-state index contributed by atoms with van der Waals surface area (Å²) in [6.45, 7) is 7.02. The van der Waals surface area contributed by atoms with Crippen LogP contribution in [0.25, 0.3) is 0 Å². The lowest BCUT2D eigenvalue weighted by atomic mass is 9.88. The first-order valence-corrected chi connectivity index (χ1v) is 8.06. The molecular weight excluding hydrogens is 304 g/mol. The van der Waals surface area contributed by atoms with Crippen LogP contribution >= 0.6 is 0 Å². The zero-order valence-electron chi connectivity index (χ0n) is 14.7. The van der Waals surface area contributed by atoms with Crippen LogP contribution in [0.3, 0.4) is 0 Å². The minimum Gasteiger partial charge on any atom is -0.497 e. The number of carbonyl (C=O) groups excluding carboxylic acids is 1. The lowest BCUT2D eigenvalue weighted by molar-refractivity contribution is 0.0883. The van der Waals surface area contributed by atoms with Gasteiger partial charge in [-0.05, 0) is 30.5 Å². The predicted molar refractivity (Wildman–Crippen MR) is 94.1 cm³/mol. The summed E-state index contributed by atoms with van der Waals surface area (Å²) in [5.41, 5.74) is 7.00. The molecule has 0 radical (unpaired) electrons. The number of aromatic nitrogens is 2. The number of hydrogen-bond donors (Lipinski definition) is 2. The fourth-order valence-corrected chi connectivity index (χ4v) is 2.25. The summed E-state index contributed by atoms with van der Waals surface area (Å²) in [7, 11) is 1.64. The molecule has 3 N–H and O–H groups in total. The molecule has 1 unspecified atom stereocenters. The Balaban J connectivity index is 2.05. The minimum absolute atomic E-state index is 0.155. The van der Waals surface area contributed by atoms with Crippen LogP contribution in [0.5, 0.6) is 5.75 Å². The van der Waals surface area contributed by atoms with Gasteiger partial charge < -0.3 is 15.8 Å². The zero-order chi connectivity index (χ0) is 17.7. The standard InChI is InChI=1S/C18H26N4O2/c1-13(2)18(3,12-19)21-17(23)15-9-20-22(11-15)10-14-5-7-16(24-4)8-6-14/h5-9,11,13H,10,12,19H2,1-4H3,(H,21,23). The molecule has 0 spiro atoms. The van der Waals surface area contributed by atoms with Gasteiger partial charge in [-0.15, -0.1) is 0 Å². The number of nitrogens with one attached hydrogen (secondary N) is 1. The van der Waals surface area contributed by atoms with Gasteiger partial charge in [0.25, 0.3) is 5.91 Å². The summed E-state index contributed by atoms with van der Waals surface area (Å²) < 4.78 is 6.89. The number of benzene rings is 1. The number of ether oxygens (including phenoxy) is 1. The lowest BCUT2D eigenvalue weighted by Crippen LogP contribution is -2.54. The fourth-order valence-electron chi connectivity index (χ4n) is 2.25. The first-order valence-electron chi connectivity index (χ1n) is 8.06. The smallest absolute Gasteiger partial charge is 0.254 e. The molecule has 6 nitrogen and oxygen atoms in total. The van der Waals surface area contributed by atoms with Gasteiger partial charge in [-0.25, -0.2) is 0 Å². The Kier molecular flexibility index (Phi) is 5.62. The molecule has 0 bridgehead atoms. The van der Waals surface area contributed by atoms with Crippen LogP contribution in [-0.2, 0) is 6.54 Å². The highest BCUT2D eigenvalue weighted by molar-refractivity contribution is 5.94. The Morgan fingerprint density at radius 2 is 2.04 bits per heavy atom. The highest BCUT2D eigenvalue weighted by atomic mass is 16.5. The van der Waals surface area contributed by atoms with Crippen molar-refractivity contribution in [1.82, 2.24) is 15.1 Å². The van der Waals surface area contributed by atoms with E-state index >= 15 is 0 Å². The summed E-state index contributed by atoms with van der Waals surface area (Å²) in [6.07, 6.45) is 3.33. The largest absolute Gasteiger partial charge is 0.497 e. The Labute approximate surface area is 143 Å². The Bertz CT molecular complexity index is 679. The van der Waals surface area contributed by atoms with E-state index in [1.165, 1.54) is 0 Å². The lowest BCUT2D eigenvalue weighted by Gasteiger charge is -2.33. The molecule has 0 aliphatic heterocycles. The van der Waals surface area contributed by atoms with E-state index < -0.39 is 5.54 Å². The van der Waals surface area contributed by atoms with E-state index in [0.29, 0.717) is 18.7 Å². The molecule has 1 heterocycles. The minimum atomic E-state index is -0.435. The molecule has 24 heavy (non-hydrogen) atoms. The molecule has 0 saturated carbocycles. The molecule has 0 fully saturated rings. The van der Waals surface area contributed by atoms with E-state index in [9.17, 15) is 4.79 Å². The van der Waals surface area contributed by atoms with Gasteiger partial charge in [0.1, 0.15) is 5.75 Å². The molecule has 1 aromatic carbocycles. The first kappa shape index (κ1) is 18.0. The van der Waals surface area contributed by atoms with Crippen molar-refractivity contribution in [2.75, 3.05) is 13.7 Å².